The topological polar surface area (TPSA) is 54.0 Å². The molecule has 1 aromatic carbocycles. The van der Waals surface area contributed by atoms with Crippen LogP contribution < -0.4 is 14.8 Å². The van der Waals surface area contributed by atoms with Crippen molar-refractivity contribution < 1.29 is 14.3 Å². The number of hydrogen-bond acceptors (Lipinski definition) is 5. The van der Waals surface area contributed by atoms with E-state index in [9.17, 15) is 4.79 Å². The molecule has 6 nitrogen and oxygen atoms in total. The van der Waals surface area contributed by atoms with Gasteiger partial charge in [0.05, 0.1) is 6.04 Å². The Balaban J connectivity index is 1.39. The zero-order valence-electron chi connectivity index (χ0n) is 16.5. The van der Waals surface area contributed by atoms with E-state index in [1.807, 2.05) is 18.2 Å². The summed E-state index contributed by atoms with van der Waals surface area (Å²) in [7, 11) is 2.20. The molecule has 0 aromatic heterocycles. The Hall–Kier alpha value is -1.79. The van der Waals surface area contributed by atoms with Crippen LogP contribution in [0.1, 0.15) is 38.2 Å². The highest BCUT2D eigenvalue weighted by Crippen LogP contribution is 2.43. The van der Waals surface area contributed by atoms with Gasteiger partial charge in [0.15, 0.2) is 11.5 Å². The first-order chi connectivity index (χ1) is 13.1. The highest BCUT2D eigenvalue weighted by atomic mass is 16.7. The zero-order valence-corrected chi connectivity index (χ0v) is 16.5. The molecular weight excluding hydrogens is 342 g/mol. The number of rotatable bonds is 5. The van der Waals surface area contributed by atoms with Crippen LogP contribution in [0.5, 0.6) is 11.5 Å². The minimum absolute atomic E-state index is 0.00219. The minimum Gasteiger partial charge on any atom is -0.454 e. The quantitative estimate of drug-likeness (QED) is 0.858. The van der Waals surface area contributed by atoms with Crippen molar-refractivity contribution in [2.24, 2.45) is 5.41 Å². The average molecular weight is 373 g/mol. The van der Waals surface area contributed by atoms with E-state index < -0.39 is 0 Å². The molecule has 1 amide bonds. The number of nitrogens with zero attached hydrogens (tertiary/aromatic N) is 2. The number of carbonyl (C=O) groups excluding carboxylic acids is 1. The van der Waals surface area contributed by atoms with Crippen LogP contribution in [0.2, 0.25) is 0 Å². The van der Waals surface area contributed by atoms with E-state index in [0.29, 0.717) is 12.0 Å². The molecule has 3 heterocycles. The Kier molecular flexibility index (Phi) is 5.28. The van der Waals surface area contributed by atoms with Crippen LogP contribution in [0.15, 0.2) is 18.2 Å². The van der Waals surface area contributed by atoms with Crippen molar-refractivity contribution in [3.8, 4) is 11.5 Å². The number of ether oxygens (including phenoxy) is 2. The van der Waals surface area contributed by atoms with E-state index in [1.54, 1.807) is 0 Å². The molecular formula is C21H31N3O3. The van der Waals surface area contributed by atoms with Gasteiger partial charge in [-0.1, -0.05) is 13.0 Å². The molecule has 0 bridgehead atoms. The van der Waals surface area contributed by atoms with Gasteiger partial charge >= 0.3 is 0 Å². The Morgan fingerprint density at radius 2 is 2.04 bits per heavy atom. The lowest BCUT2D eigenvalue weighted by Crippen LogP contribution is -2.43. The predicted octanol–water partition coefficient (Wildman–Crippen LogP) is 2.23. The normalized spacial score (nSPS) is 24.4. The molecule has 27 heavy (non-hydrogen) atoms. The molecule has 0 aliphatic carbocycles. The fraction of sp³-hybridized carbons (Fsp3) is 0.667. The molecule has 1 spiro atoms. The number of carbonyl (C=O) groups is 1. The van der Waals surface area contributed by atoms with Crippen LogP contribution >= 0.6 is 0 Å². The van der Waals surface area contributed by atoms with Gasteiger partial charge in [0, 0.05) is 13.1 Å². The van der Waals surface area contributed by atoms with Gasteiger partial charge in [-0.3, -0.25) is 9.69 Å². The van der Waals surface area contributed by atoms with E-state index in [4.69, 9.17) is 9.47 Å². The van der Waals surface area contributed by atoms with Crippen LogP contribution in [0.3, 0.4) is 0 Å². The molecule has 148 valence electrons. The first-order valence-corrected chi connectivity index (χ1v) is 10.2. The molecule has 1 unspecified atom stereocenters. The lowest BCUT2D eigenvalue weighted by Gasteiger charge is -2.37. The molecule has 2 saturated heterocycles. The Labute approximate surface area is 161 Å². The molecule has 3 aliphatic rings. The SMILES string of the molecule is CCCN1CC2(CCN(C)CC2)CC1C(=O)NCc1ccc2c(c1)OCO2. The number of benzene rings is 1. The second-order valence-corrected chi connectivity index (χ2v) is 8.40. The summed E-state index contributed by atoms with van der Waals surface area (Å²) in [5.74, 6) is 1.71. The Morgan fingerprint density at radius 1 is 1.26 bits per heavy atom. The van der Waals surface area contributed by atoms with Gasteiger partial charge in [0.1, 0.15) is 0 Å². The second kappa shape index (κ2) is 7.68. The number of likely N-dealkylation sites (tertiary alicyclic amines) is 2. The first kappa shape index (κ1) is 18.6. The van der Waals surface area contributed by atoms with Crippen molar-refractivity contribution in [3.05, 3.63) is 23.8 Å². The summed E-state index contributed by atoms with van der Waals surface area (Å²) in [5.41, 5.74) is 1.37. The van der Waals surface area contributed by atoms with E-state index in [2.05, 4.69) is 29.1 Å². The third kappa shape index (κ3) is 3.92. The van der Waals surface area contributed by atoms with Gasteiger partial charge in [-0.2, -0.15) is 0 Å². The van der Waals surface area contributed by atoms with Crippen molar-refractivity contribution in [1.82, 2.24) is 15.1 Å². The standard InChI is InChI=1S/C21H31N3O3/c1-3-8-24-14-21(6-9-23(2)10-7-21)12-17(24)20(25)22-13-16-4-5-18-19(11-16)27-15-26-18/h4-5,11,17H,3,6-10,12-15H2,1-2H3,(H,22,25). The van der Waals surface area contributed by atoms with Gasteiger partial charge in [-0.05, 0) is 75.5 Å². The van der Waals surface area contributed by atoms with Crippen molar-refractivity contribution >= 4 is 5.91 Å². The van der Waals surface area contributed by atoms with Gasteiger partial charge in [-0.15, -0.1) is 0 Å². The Morgan fingerprint density at radius 3 is 2.81 bits per heavy atom. The summed E-state index contributed by atoms with van der Waals surface area (Å²) in [4.78, 5) is 17.8. The van der Waals surface area contributed by atoms with E-state index in [1.165, 1.54) is 12.8 Å². The van der Waals surface area contributed by atoms with Crippen molar-refractivity contribution in [1.29, 1.82) is 0 Å². The number of piperidine rings is 1. The maximum Gasteiger partial charge on any atom is 0.237 e. The van der Waals surface area contributed by atoms with E-state index in [-0.39, 0.29) is 18.7 Å². The molecule has 1 atom stereocenters. The van der Waals surface area contributed by atoms with Gasteiger partial charge < -0.3 is 19.7 Å². The van der Waals surface area contributed by atoms with Gasteiger partial charge in [0.2, 0.25) is 12.7 Å². The molecule has 2 fully saturated rings. The van der Waals surface area contributed by atoms with E-state index >= 15 is 0 Å². The summed E-state index contributed by atoms with van der Waals surface area (Å²) >= 11 is 0. The van der Waals surface area contributed by atoms with Crippen LogP contribution in [0.4, 0.5) is 0 Å². The molecule has 4 rings (SSSR count). The highest BCUT2D eigenvalue weighted by molar-refractivity contribution is 5.82. The van der Waals surface area contributed by atoms with Crippen molar-refractivity contribution in [2.45, 2.75) is 45.2 Å². The van der Waals surface area contributed by atoms with E-state index in [0.717, 1.165) is 56.1 Å². The van der Waals surface area contributed by atoms with Gasteiger partial charge in [0.25, 0.3) is 0 Å². The largest absolute Gasteiger partial charge is 0.454 e. The third-order valence-corrected chi connectivity index (χ3v) is 6.37. The lowest BCUT2D eigenvalue weighted by atomic mass is 9.76. The summed E-state index contributed by atoms with van der Waals surface area (Å²) in [6, 6.07) is 5.86. The summed E-state index contributed by atoms with van der Waals surface area (Å²) in [5, 5.41) is 3.16. The second-order valence-electron chi connectivity index (χ2n) is 8.40. The van der Waals surface area contributed by atoms with Crippen molar-refractivity contribution in [3.63, 3.8) is 0 Å². The predicted molar refractivity (Wildman–Crippen MR) is 104 cm³/mol. The monoisotopic (exact) mass is 373 g/mol. The fourth-order valence-electron chi connectivity index (χ4n) is 4.74. The average Bonchev–Trinajstić information content (AvgIpc) is 3.27. The summed E-state index contributed by atoms with van der Waals surface area (Å²) in [6.45, 7) is 7.35. The number of amides is 1. The number of nitrogens with one attached hydrogen (secondary N) is 1. The highest BCUT2D eigenvalue weighted by Gasteiger charge is 2.47. The number of hydrogen-bond donors (Lipinski definition) is 1. The molecule has 1 aromatic rings. The fourth-order valence-corrected chi connectivity index (χ4v) is 4.74. The maximum absolute atomic E-state index is 13.0. The third-order valence-electron chi connectivity index (χ3n) is 6.37. The van der Waals surface area contributed by atoms with Crippen LogP contribution in [0, 0.1) is 5.41 Å². The molecule has 0 radical (unpaired) electrons. The summed E-state index contributed by atoms with van der Waals surface area (Å²) < 4.78 is 10.8. The van der Waals surface area contributed by atoms with Gasteiger partial charge in [-0.25, -0.2) is 0 Å². The smallest absolute Gasteiger partial charge is 0.237 e. The lowest BCUT2D eigenvalue weighted by molar-refractivity contribution is -0.125. The van der Waals surface area contributed by atoms with Crippen molar-refractivity contribution in [2.75, 3.05) is 40.0 Å². The summed E-state index contributed by atoms with van der Waals surface area (Å²) in [6.07, 6.45) is 4.49. The first-order valence-electron chi connectivity index (χ1n) is 10.2. The molecule has 0 saturated carbocycles. The minimum atomic E-state index is 0.00219. The molecule has 1 N–H and O–H groups in total. The number of fused-ring (bicyclic) bond motifs is 1. The van der Waals surface area contributed by atoms with Crippen LogP contribution in [0.25, 0.3) is 0 Å². The molecule has 3 aliphatic heterocycles. The molecule has 6 heteroatoms. The zero-order chi connectivity index (χ0) is 18.9. The maximum atomic E-state index is 13.0. The Bertz CT molecular complexity index is 685. The van der Waals surface area contributed by atoms with Crippen LogP contribution in [-0.2, 0) is 11.3 Å². The van der Waals surface area contributed by atoms with Crippen LogP contribution in [-0.4, -0.2) is 61.8 Å².